The summed E-state index contributed by atoms with van der Waals surface area (Å²) in [6.07, 6.45) is 4.38. The quantitative estimate of drug-likeness (QED) is 0.776. The summed E-state index contributed by atoms with van der Waals surface area (Å²) in [6.45, 7) is 0.740. The number of nitrogens with zero attached hydrogens (tertiary/aromatic N) is 3. The predicted molar refractivity (Wildman–Crippen MR) is 67.3 cm³/mol. The van der Waals surface area contributed by atoms with E-state index in [0.29, 0.717) is 5.82 Å². The Balaban J connectivity index is 2.14. The van der Waals surface area contributed by atoms with Gasteiger partial charge < -0.3 is 4.90 Å². The summed E-state index contributed by atoms with van der Waals surface area (Å²) >= 11 is 0. The maximum Gasteiger partial charge on any atom is 0.329 e. The standard InChI is InChI=1S/C12H12N4O2/c1-15-11(17)6-10(14-12(15)18)16-5-3-8-7-13-4-2-9(8)16/h2,4,6-7H,3,5H2,1H3,(H,14,18). The molecule has 1 aliphatic heterocycles. The Kier molecular flexibility index (Phi) is 2.29. The molecule has 0 radical (unpaired) electrons. The molecule has 6 nitrogen and oxygen atoms in total. The Morgan fingerprint density at radius 3 is 3.00 bits per heavy atom. The molecule has 0 aliphatic carbocycles. The number of rotatable bonds is 1. The van der Waals surface area contributed by atoms with E-state index in [1.165, 1.54) is 13.1 Å². The Labute approximate surface area is 103 Å². The highest BCUT2D eigenvalue weighted by Crippen LogP contribution is 2.31. The van der Waals surface area contributed by atoms with Gasteiger partial charge in [-0.25, -0.2) is 4.79 Å². The van der Waals surface area contributed by atoms with Gasteiger partial charge in [0.1, 0.15) is 5.82 Å². The number of aromatic nitrogens is 3. The zero-order valence-electron chi connectivity index (χ0n) is 9.88. The van der Waals surface area contributed by atoms with Gasteiger partial charge in [0.2, 0.25) is 0 Å². The minimum Gasteiger partial charge on any atom is -0.327 e. The Morgan fingerprint density at radius 1 is 1.39 bits per heavy atom. The van der Waals surface area contributed by atoms with E-state index < -0.39 is 5.69 Å². The third-order valence-electron chi connectivity index (χ3n) is 3.19. The highest BCUT2D eigenvalue weighted by Gasteiger charge is 2.21. The zero-order chi connectivity index (χ0) is 12.7. The molecule has 0 fully saturated rings. The van der Waals surface area contributed by atoms with Gasteiger partial charge >= 0.3 is 5.69 Å². The third kappa shape index (κ3) is 1.54. The highest BCUT2D eigenvalue weighted by atomic mass is 16.2. The van der Waals surface area contributed by atoms with Gasteiger partial charge in [0.25, 0.3) is 5.56 Å². The minimum absolute atomic E-state index is 0.309. The van der Waals surface area contributed by atoms with Crippen molar-refractivity contribution in [1.82, 2.24) is 14.5 Å². The van der Waals surface area contributed by atoms with Crippen LogP contribution >= 0.6 is 0 Å². The second kappa shape index (κ2) is 3.83. The summed E-state index contributed by atoms with van der Waals surface area (Å²) in [5.74, 6) is 0.535. The number of aromatic amines is 1. The van der Waals surface area contributed by atoms with Crippen molar-refractivity contribution in [2.75, 3.05) is 11.4 Å². The average molecular weight is 244 g/mol. The molecule has 0 aromatic carbocycles. The van der Waals surface area contributed by atoms with Crippen LogP contribution in [0.2, 0.25) is 0 Å². The molecule has 18 heavy (non-hydrogen) atoms. The van der Waals surface area contributed by atoms with Crippen LogP contribution in [0.1, 0.15) is 5.56 Å². The smallest absolute Gasteiger partial charge is 0.327 e. The molecule has 0 atom stereocenters. The van der Waals surface area contributed by atoms with E-state index >= 15 is 0 Å². The van der Waals surface area contributed by atoms with Crippen molar-refractivity contribution < 1.29 is 0 Å². The molecule has 3 rings (SSSR count). The summed E-state index contributed by atoms with van der Waals surface area (Å²) in [5.41, 5.74) is 1.41. The Hall–Kier alpha value is -2.37. The fourth-order valence-corrected chi connectivity index (χ4v) is 2.17. The molecule has 1 aliphatic rings. The first-order chi connectivity index (χ1) is 8.66. The maximum atomic E-state index is 11.6. The number of pyridine rings is 1. The number of fused-ring (bicyclic) bond motifs is 1. The van der Waals surface area contributed by atoms with E-state index in [4.69, 9.17) is 0 Å². The number of hydrogen-bond acceptors (Lipinski definition) is 4. The lowest BCUT2D eigenvalue weighted by Gasteiger charge is -2.18. The van der Waals surface area contributed by atoms with E-state index in [1.807, 2.05) is 17.2 Å². The van der Waals surface area contributed by atoms with Crippen LogP contribution in [0.25, 0.3) is 0 Å². The molecule has 0 saturated heterocycles. The van der Waals surface area contributed by atoms with Gasteiger partial charge in [0.15, 0.2) is 0 Å². The molecular formula is C12H12N4O2. The summed E-state index contributed by atoms with van der Waals surface area (Å²) < 4.78 is 1.05. The first-order valence-corrected chi connectivity index (χ1v) is 5.67. The number of H-pyrrole nitrogens is 1. The lowest BCUT2D eigenvalue weighted by atomic mass is 10.2. The van der Waals surface area contributed by atoms with Crippen LogP contribution in [0.15, 0.2) is 34.1 Å². The average Bonchev–Trinajstić information content (AvgIpc) is 2.79. The van der Waals surface area contributed by atoms with E-state index in [2.05, 4.69) is 9.97 Å². The van der Waals surface area contributed by atoms with E-state index in [-0.39, 0.29) is 5.56 Å². The fraction of sp³-hybridized carbons (Fsp3) is 0.250. The molecule has 0 unspecified atom stereocenters. The van der Waals surface area contributed by atoms with Crippen molar-refractivity contribution in [1.29, 1.82) is 0 Å². The first-order valence-electron chi connectivity index (χ1n) is 5.67. The van der Waals surface area contributed by atoms with Crippen molar-refractivity contribution in [3.05, 3.63) is 50.9 Å². The number of anilines is 2. The predicted octanol–water partition coefficient (Wildman–Crippen LogP) is 0.163. The summed E-state index contributed by atoms with van der Waals surface area (Å²) in [5, 5.41) is 0. The Bertz CT molecular complexity index is 685. The van der Waals surface area contributed by atoms with Gasteiger partial charge in [0, 0.05) is 37.7 Å². The zero-order valence-corrected chi connectivity index (χ0v) is 9.88. The largest absolute Gasteiger partial charge is 0.329 e. The molecular weight excluding hydrogens is 232 g/mol. The number of nitrogens with one attached hydrogen (secondary N) is 1. The molecule has 6 heteroatoms. The molecule has 0 amide bonds. The SMILES string of the molecule is Cn1c(=O)cc(N2CCc3cnccc32)[nH]c1=O. The van der Waals surface area contributed by atoms with Gasteiger partial charge in [-0.2, -0.15) is 0 Å². The van der Waals surface area contributed by atoms with Crippen molar-refractivity contribution in [2.45, 2.75) is 6.42 Å². The third-order valence-corrected chi connectivity index (χ3v) is 3.19. The van der Waals surface area contributed by atoms with Crippen LogP contribution in [0.4, 0.5) is 11.5 Å². The molecule has 0 bridgehead atoms. The molecule has 0 saturated carbocycles. The molecule has 2 aromatic heterocycles. The van der Waals surface area contributed by atoms with Crippen LogP contribution in [0.5, 0.6) is 0 Å². The van der Waals surface area contributed by atoms with E-state index in [9.17, 15) is 9.59 Å². The Morgan fingerprint density at radius 2 is 2.22 bits per heavy atom. The van der Waals surface area contributed by atoms with Crippen molar-refractivity contribution in [3.8, 4) is 0 Å². The topological polar surface area (TPSA) is 71.0 Å². The van der Waals surface area contributed by atoms with Crippen molar-refractivity contribution in [3.63, 3.8) is 0 Å². The number of hydrogen-bond donors (Lipinski definition) is 1. The van der Waals surface area contributed by atoms with Gasteiger partial charge in [-0.3, -0.25) is 19.3 Å². The molecule has 3 heterocycles. The van der Waals surface area contributed by atoms with Crippen LogP contribution < -0.4 is 16.1 Å². The summed E-state index contributed by atoms with van der Waals surface area (Å²) in [7, 11) is 1.45. The minimum atomic E-state index is -0.403. The molecule has 2 aromatic rings. The van der Waals surface area contributed by atoms with Crippen molar-refractivity contribution in [2.24, 2.45) is 7.05 Å². The van der Waals surface area contributed by atoms with E-state index in [0.717, 1.165) is 28.8 Å². The van der Waals surface area contributed by atoms with Gasteiger partial charge in [0.05, 0.1) is 0 Å². The van der Waals surface area contributed by atoms with Gasteiger partial charge in [-0.05, 0) is 18.1 Å². The first kappa shape index (κ1) is 10.8. The van der Waals surface area contributed by atoms with Crippen LogP contribution in [0, 0.1) is 0 Å². The van der Waals surface area contributed by atoms with Gasteiger partial charge in [-0.15, -0.1) is 0 Å². The van der Waals surface area contributed by atoms with Crippen molar-refractivity contribution >= 4 is 11.5 Å². The molecule has 0 spiro atoms. The monoisotopic (exact) mass is 244 g/mol. The molecule has 1 N–H and O–H groups in total. The van der Waals surface area contributed by atoms with Crippen LogP contribution in [-0.2, 0) is 13.5 Å². The maximum absolute atomic E-state index is 11.6. The summed E-state index contributed by atoms with van der Waals surface area (Å²) in [6, 6.07) is 3.33. The summed E-state index contributed by atoms with van der Waals surface area (Å²) in [4.78, 5) is 31.9. The van der Waals surface area contributed by atoms with Crippen LogP contribution in [0.3, 0.4) is 0 Å². The lowest BCUT2D eigenvalue weighted by molar-refractivity contribution is 0.769. The second-order valence-electron chi connectivity index (χ2n) is 4.26. The van der Waals surface area contributed by atoms with E-state index in [1.54, 1.807) is 6.20 Å². The fourth-order valence-electron chi connectivity index (χ4n) is 2.17. The lowest BCUT2D eigenvalue weighted by Crippen LogP contribution is -2.34. The highest BCUT2D eigenvalue weighted by molar-refractivity contribution is 5.66. The normalized spacial score (nSPS) is 13.7. The van der Waals surface area contributed by atoms with Crippen LogP contribution in [-0.4, -0.2) is 21.1 Å². The van der Waals surface area contributed by atoms with Gasteiger partial charge in [-0.1, -0.05) is 0 Å². The second-order valence-corrected chi connectivity index (χ2v) is 4.26. The molecule has 92 valence electrons.